The Morgan fingerprint density at radius 3 is 2.58 bits per heavy atom. The van der Waals surface area contributed by atoms with Crippen molar-refractivity contribution in [2.45, 2.75) is 73.6 Å². The molecule has 0 aromatic heterocycles. The van der Waals surface area contributed by atoms with Crippen molar-refractivity contribution in [2.75, 3.05) is 6.61 Å². The molecular formula is C22H34O2. The van der Waals surface area contributed by atoms with E-state index in [4.69, 9.17) is 4.74 Å². The van der Waals surface area contributed by atoms with Gasteiger partial charge in [-0.3, -0.25) is 4.79 Å². The Morgan fingerprint density at radius 2 is 1.96 bits per heavy atom. The maximum Gasteiger partial charge on any atom is 0.302 e. The number of hydrogen-bond donors (Lipinski definition) is 0. The predicted molar refractivity (Wildman–Crippen MR) is 103 cm³/mol. The summed E-state index contributed by atoms with van der Waals surface area (Å²) in [4.78, 5) is 10.7. The van der Waals surface area contributed by atoms with E-state index in [0.717, 1.165) is 12.0 Å². The molecule has 0 bridgehead atoms. The van der Waals surface area contributed by atoms with Gasteiger partial charge in [-0.15, -0.1) is 0 Å². The molecule has 0 aromatic carbocycles. The first-order valence-corrected chi connectivity index (χ1v) is 9.05. The highest BCUT2D eigenvalue weighted by atomic mass is 16.5. The van der Waals surface area contributed by atoms with Gasteiger partial charge in [-0.1, -0.05) is 54.4 Å². The summed E-state index contributed by atoms with van der Waals surface area (Å²) in [5.74, 6) is -0.242. The molecule has 0 N–H and O–H groups in total. The Bertz CT molecular complexity index is 557. The molecule has 0 spiro atoms. The van der Waals surface area contributed by atoms with Crippen LogP contribution in [0.2, 0.25) is 0 Å². The van der Waals surface area contributed by atoms with Crippen molar-refractivity contribution in [3.8, 4) is 0 Å². The minimum absolute atomic E-state index is 0.242. The summed E-state index contributed by atoms with van der Waals surface area (Å²) in [6.45, 7) is 13.1. The lowest BCUT2D eigenvalue weighted by atomic mass is 9.71. The van der Waals surface area contributed by atoms with Crippen molar-refractivity contribution in [1.82, 2.24) is 0 Å². The smallest absolute Gasteiger partial charge is 0.302 e. The van der Waals surface area contributed by atoms with Crippen molar-refractivity contribution in [2.24, 2.45) is 5.41 Å². The van der Waals surface area contributed by atoms with Crippen LogP contribution in [0.5, 0.6) is 0 Å². The molecule has 1 aliphatic rings. The average Bonchev–Trinajstić information content (AvgIpc) is 2.45. The Balaban J connectivity index is 2.52. The van der Waals surface area contributed by atoms with Gasteiger partial charge in [0.25, 0.3) is 0 Å². The molecule has 0 atom stereocenters. The van der Waals surface area contributed by atoms with Crippen LogP contribution in [0.25, 0.3) is 0 Å². The van der Waals surface area contributed by atoms with Gasteiger partial charge in [0.05, 0.1) is 0 Å². The van der Waals surface area contributed by atoms with Gasteiger partial charge in [-0.05, 0) is 64.4 Å². The summed E-state index contributed by atoms with van der Waals surface area (Å²) in [5, 5.41) is 0. The van der Waals surface area contributed by atoms with E-state index in [2.05, 4.69) is 45.9 Å². The first-order valence-electron chi connectivity index (χ1n) is 9.05. The highest BCUT2D eigenvalue weighted by Crippen LogP contribution is 2.42. The summed E-state index contributed by atoms with van der Waals surface area (Å²) < 4.78 is 4.91. The molecule has 1 rings (SSSR count). The molecule has 0 radical (unpaired) electrons. The standard InChI is InChI=1S/C22H34O2/c1-17(9-7-10-18(2)14-16-24-20(4)23)12-13-21-19(3)11-8-15-22(21,5)6/h7,9-10,14H,8,11-13,15-16H2,1-6H3/b10-7+,17-9+,18-14+. The number of esters is 1. The normalized spacial score (nSPS) is 19.1. The fraction of sp³-hybridized carbons (Fsp3) is 0.591. The van der Waals surface area contributed by atoms with E-state index in [9.17, 15) is 4.79 Å². The van der Waals surface area contributed by atoms with E-state index in [1.54, 1.807) is 11.1 Å². The van der Waals surface area contributed by atoms with Crippen molar-refractivity contribution in [3.05, 3.63) is 46.6 Å². The average molecular weight is 331 g/mol. The van der Waals surface area contributed by atoms with E-state index in [1.807, 2.05) is 13.0 Å². The van der Waals surface area contributed by atoms with Gasteiger partial charge in [-0.2, -0.15) is 0 Å². The molecule has 0 aromatic rings. The van der Waals surface area contributed by atoms with E-state index in [1.165, 1.54) is 38.2 Å². The van der Waals surface area contributed by atoms with Gasteiger partial charge >= 0.3 is 5.97 Å². The lowest BCUT2D eigenvalue weighted by Crippen LogP contribution is -2.20. The molecule has 0 saturated heterocycles. The van der Waals surface area contributed by atoms with Crippen LogP contribution in [0.4, 0.5) is 0 Å². The minimum Gasteiger partial charge on any atom is -0.462 e. The molecule has 0 unspecified atom stereocenters. The summed E-state index contributed by atoms with van der Waals surface area (Å²) in [5.41, 5.74) is 6.16. The topological polar surface area (TPSA) is 26.3 Å². The third-order valence-electron chi connectivity index (χ3n) is 4.89. The second kappa shape index (κ2) is 9.66. The number of hydrogen-bond acceptors (Lipinski definition) is 2. The maximum absolute atomic E-state index is 10.7. The van der Waals surface area contributed by atoms with Crippen LogP contribution in [0.3, 0.4) is 0 Å². The van der Waals surface area contributed by atoms with Gasteiger partial charge in [0.1, 0.15) is 6.61 Å². The Kier molecular flexibility index (Phi) is 8.24. The van der Waals surface area contributed by atoms with Crippen LogP contribution in [0.15, 0.2) is 46.6 Å². The summed E-state index contributed by atoms with van der Waals surface area (Å²) >= 11 is 0. The predicted octanol–water partition coefficient (Wildman–Crippen LogP) is 6.31. The molecule has 0 aliphatic heterocycles. The van der Waals surface area contributed by atoms with Crippen LogP contribution in [-0.4, -0.2) is 12.6 Å². The monoisotopic (exact) mass is 330 g/mol. The lowest BCUT2D eigenvalue weighted by molar-refractivity contribution is -0.139. The Hall–Kier alpha value is -1.57. The van der Waals surface area contributed by atoms with Crippen molar-refractivity contribution < 1.29 is 9.53 Å². The molecule has 2 nitrogen and oxygen atoms in total. The van der Waals surface area contributed by atoms with Gasteiger partial charge < -0.3 is 4.74 Å². The Morgan fingerprint density at radius 1 is 1.25 bits per heavy atom. The van der Waals surface area contributed by atoms with Gasteiger partial charge in [0, 0.05) is 6.92 Å². The second-order valence-corrected chi connectivity index (χ2v) is 7.62. The molecular weight excluding hydrogens is 296 g/mol. The van der Waals surface area contributed by atoms with Crippen molar-refractivity contribution in [1.29, 1.82) is 0 Å². The molecule has 0 heterocycles. The first kappa shape index (κ1) is 20.5. The highest BCUT2D eigenvalue weighted by Gasteiger charge is 2.27. The number of allylic oxidation sites excluding steroid dienone is 7. The fourth-order valence-electron chi connectivity index (χ4n) is 3.35. The number of ether oxygens (including phenoxy) is 1. The van der Waals surface area contributed by atoms with Crippen LogP contribution in [0.1, 0.15) is 73.6 Å². The highest BCUT2D eigenvalue weighted by molar-refractivity contribution is 5.66. The molecule has 0 saturated carbocycles. The van der Waals surface area contributed by atoms with Crippen molar-refractivity contribution >= 4 is 5.97 Å². The maximum atomic E-state index is 10.7. The third kappa shape index (κ3) is 7.33. The Labute approximate surface area is 148 Å². The zero-order valence-corrected chi connectivity index (χ0v) is 16.4. The summed E-state index contributed by atoms with van der Waals surface area (Å²) in [6.07, 6.45) is 14.5. The second-order valence-electron chi connectivity index (χ2n) is 7.62. The zero-order chi connectivity index (χ0) is 18.2. The molecule has 0 fully saturated rings. The van der Waals surface area contributed by atoms with Crippen LogP contribution < -0.4 is 0 Å². The quantitative estimate of drug-likeness (QED) is 0.311. The van der Waals surface area contributed by atoms with E-state index in [-0.39, 0.29) is 5.97 Å². The summed E-state index contributed by atoms with van der Waals surface area (Å²) in [7, 11) is 0. The van der Waals surface area contributed by atoms with Crippen LogP contribution in [-0.2, 0) is 9.53 Å². The van der Waals surface area contributed by atoms with Gasteiger partial charge in [0.2, 0.25) is 0 Å². The zero-order valence-electron chi connectivity index (χ0n) is 16.4. The third-order valence-corrected chi connectivity index (χ3v) is 4.89. The van der Waals surface area contributed by atoms with Gasteiger partial charge in [-0.25, -0.2) is 0 Å². The number of rotatable bonds is 7. The van der Waals surface area contributed by atoms with Crippen LogP contribution in [0, 0.1) is 5.41 Å². The molecule has 24 heavy (non-hydrogen) atoms. The van der Waals surface area contributed by atoms with E-state index in [0.29, 0.717) is 12.0 Å². The first-order chi connectivity index (χ1) is 11.2. The molecule has 134 valence electrons. The number of carbonyl (C=O) groups is 1. The summed E-state index contributed by atoms with van der Waals surface area (Å²) in [6, 6.07) is 0. The van der Waals surface area contributed by atoms with E-state index < -0.39 is 0 Å². The van der Waals surface area contributed by atoms with E-state index >= 15 is 0 Å². The van der Waals surface area contributed by atoms with Crippen molar-refractivity contribution in [3.63, 3.8) is 0 Å². The molecule has 2 heteroatoms. The van der Waals surface area contributed by atoms with Crippen LogP contribution >= 0.6 is 0 Å². The van der Waals surface area contributed by atoms with Gasteiger partial charge in [0.15, 0.2) is 0 Å². The molecule has 1 aliphatic carbocycles. The SMILES string of the molecule is CC(=O)OC/C=C(C)/C=C/C=C(\C)CCC1=C(C)CCCC1(C)C. The largest absolute Gasteiger partial charge is 0.462 e. The lowest BCUT2D eigenvalue weighted by Gasteiger charge is -2.34. The fourth-order valence-corrected chi connectivity index (χ4v) is 3.35. The molecule has 0 amide bonds. The number of carbonyl (C=O) groups excluding carboxylic acids is 1. The minimum atomic E-state index is -0.242.